The summed E-state index contributed by atoms with van der Waals surface area (Å²) in [6.45, 7) is 3.78. The van der Waals surface area contributed by atoms with Crippen LogP contribution in [0.25, 0.3) is 0 Å². The Morgan fingerprint density at radius 1 is 1.10 bits per heavy atom. The van der Waals surface area contributed by atoms with Gasteiger partial charge in [-0.05, 0) is 83.1 Å². The van der Waals surface area contributed by atoms with Gasteiger partial charge in [0.2, 0.25) is 0 Å². The molecule has 1 aliphatic heterocycles. The zero-order chi connectivity index (χ0) is 14.5. The Hall–Kier alpha value is -0.860. The maximum atomic E-state index is 3.31. The van der Waals surface area contributed by atoms with Crippen molar-refractivity contribution in [3.8, 4) is 0 Å². The molecule has 0 aromatic heterocycles. The van der Waals surface area contributed by atoms with Gasteiger partial charge in [0.25, 0.3) is 0 Å². The third-order valence-electron chi connectivity index (χ3n) is 5.76. The maximum absolute atomic E-state index is 3.31. The lowest BCUT2D eigenvalue weighted by Crippen LogP contribution is -2.47. The smallest absolute Gasteiger partial charge is 0.0460 e. The number of nitrogens with one attached hydrogen (secondary N) is 1. The molecule has 1 saturated heterocycles. The average Bonchev–Trinajstić information content (AvgIpc) is 3.09. The quantitative estimate of drug-likeness (QED) is 0.886. The average molecular weight is 286 g/mol. The van der Waals surface area contributed by atoms with Crippen molar-refractivity contribution in [2.24, 2.45) is 5.92 Å². The first kappa shape index (κ1) is 15.1. The molecule has 2 fully saturated rings. The topological polar surface area (TPSA) is 15.3 Å². The summed E-state index contributed by atoms with van der Waals surface area (Å²) in [5.74, 6) is 0.928. The van der Waals surface area contributed by atoms with E-state index in [2.05, 4.69) is 47.6 Å². The van der Waals surface area contributed by atoms with Crippen LogP contribution < -0.4 is 5.32 Å². The second-order valence-electron chi connectivity index (χ2n) is 6.93. The Kier molecular flexibility index (Phi) is 4.97. The summed E-state index contributed by atoms with van der Waals surface area (Å²) in [5.41, 5.74) is 1.91. The van der Waals surface area contributed by atoms with Crippen molar-refractivity contribution in [1.82, 2.24) is 10.2 Å². The highest BCUT2D eigenvalue weighted by Gasteiger charge is 2.42. The minimum Gasteiger partial charge on any atom is -0.320 e. The van der Waals surface area contributed by atoms with E-state index in [0.29, 0.717) is 5.54 Å². The van der Waals surface area contributed by atoms with Gasteiger partial charge in [-0.15, -0.1) is 0 Å². The van der Waals surface area contributed by atoms with Crippen LogP contribution in [-0.2, 0) is 5.54 Å². The van der Waals surface area contributed by atoms with Gasteiger partial charge in [0.1, 0.15) is 0 Å². The second kappa shape index (κ2) is 6.93. The molecule has 1 aromatic carbocycles. The first-order chi connectivity index (χ1) is 10.3. The lowest BCUT2D eigenvalue weighted by molar-refractivity contribution is 0.0513. The standard InChI is InChI=1S/C19H30N2/c1-20-14-11-17-9-12-19(13-10-17,21-15-5-6-16-21)18-7-3-2-4-8-18/h2-4,7-8,17,20H,5-6,9-16H2,1H3. The van der Waals surface area contributed by atoms with Gasteiger partial charge in [0, 0.05) is 5.54 Å². The fourth-order valence-electron chi connectivity index (χ4n) is 4.47. The molecule has 2 heteroatoms. The molecule has 1 aromatic rings. The van der Waals surface area contributed by atoms with Crippen LogP contribution in [0.3, 0.4) is 0 Å². The van der Waals surface area contributed by atoms with Gasteiger partial charge in [-0.2, -0.15) is 0 Å². The number of hydrogen-bond acceptors (Lipinski definition) is 2. The van der Waals surface area contributed by atoms with Crippen LogP contribution in [0.1, 0.15) is 50.5 Å². The molecule has 0 unspecified atom stereocenters. The van der Waals surface area contributed by atoms with Gasteiger partial charge < -0.3 is 5.32 Å². The molecule has 3 rings (SSSR count). The fourth-order valence-corrected chi connectivity index (χ4v) is 4.47. The minimum absolute atomic E-state index is 0.341. The molecule has 116 valence electrons. The number of hydrogen-bond donors (Lipinski definition) is 1. The molecule has 0 spiro atoms. The third-order valence-corrected chi connectivity index (χ3v) is 5.76. The highest BCUT2D eigenvalue weighted by atomic mass is 15.2. The molecule has 2 nitrogen and oxygen atoms in total. The van der Waals surface area contributed by atoms with Crippen molar-refractivity contribution in [1.29, 1.82) is 0 Å². The number of rotatable bonds is 5. The van der Waals surface area contributed by atoms with Crippen LogP contribution >= 0.6 is 0 Å². The highest BCUT2D eigenvalue weighted by molar-refractivity contribution is 5.26. The number of benzene rings is 1. The van der Waals surface area contributed by atoms with E-state index in [1.165, 1.54) is 64.6 Å². The summed E-state index contributed by atoms with van der Waals surface area (Å²) >= 11 is 0. The van der Waals surface area contributed by atoms with Crippen molar-refractivity contribution >= 4 is 0 Å². The SMILES string of the molecule is CNCCC1CCC(c2ccccc2)(N2CCCC2)CC1. The van der Waals surface area contributed by atoms with Crippen molar-refractivity contribution in [3.05, 3.63) is 35.9 Å². The van der Waals surface area contributed by atoms with Gasteiger partial charge in [-0.3, -0.25) is 4.90 Å². The van der Waals surface area contributed by atoms with Crippen LogP contribution in [0.4, 0.5) is 0 Å². The summed E-state index contributed by atoms with van der Waals surface area (Å²) in [4.78, 5) is 2.80. The van der Waals surface area contributed by atoms with Crippen molar-refractivity contribution in [2.45, 2.75) is 50.5 Å². The van der Waals surface area contributed by atoms with E-state index in [9.17, 15) is 0 Å². The molecule has 21 heavy (non-hydrogen) atoms. The summed E-state index contributed by atoms with van der Waals surface area (Å²) in [5, 5.41) is 3.31. The molecule has 0 radical (unpaired) electrons. The van der Waals surface area contributed by atoms with E-state index in [0.717, 1.165) is 5.92 Å². The molecule has 1 saturated carbocycles. The van der Waals surface area contributed by atoms with Crippen LogP contribution in [0.15, 0.2) is 30.3 Å². The molecular formula is C19H30N2. The van der Waals surface area contributed by atoms with E-state index in [1.54, 1.807) is 5.56 Å². The Morgan fingerprint density at radius 3 is 2.38 bits per heavy atom. The summed E-state index contributed by atoms with van der Waals surface area (Å²) < 4.78 is 0. The molecule has 1 heterocycles. The predicted molar refractivity (Wildman–Crippen MR) is 89.4 cm³/mol. The molecule has 0 bridgehead atoms. The summed E-state index contributed by atoms with van der Waals surface area (Å²) in [7, 11) is 2.07. The van der Waals surface area contributed by atoms with E-state index in [4.69, 9.17) is 0 Å². The molecule has 1 N–H and O–H groups in total. The Bertz CT molecular complexity index is 414. The van der Waals surface area contributed by atoms with E-state index < -0.39 is 0 Å². The number of likely N-dealkylation sites (tertiary alicyclic amines) is 1. The molecule has 1 aliphatic carbocycles. The van der Waals surface area contributed by atoms with Gasteiger partial charge in [-0.1, -0.05) is 30.3 Å². The minimum atomic E-state index is 0.341. The van der Waals surface area contributed by atoms with E-state index in [-0.39, 0.29) is 0 Å². The first-order valence-corrected chi connectivity index (χ1v) is 8.80. The Labute approximate surface area is 129 Å². The zero-order valence-corrected chi connectivity index (χ0v) is 13.5. The van der Waals surface area contributed by atoms with E-state index >= 15 is 0 Å². The first-order valence-electron chi connectivity index (χ1n) is 8.80. The van der Waals surface area contributed by atoms with Gasteiger partial charge >= 0.3 is 0 Å². The highest BCUT2D eigenvalue weighted by Crippen LogP contribution is 2.46. The van der Waals surface area contributed by atoms with Crippen LogP contribution in [0, 0.1) is 5.92 Å². The van der Waals surface area contributed by atoms with Gasteiger partial charge in [0.15, 0.2) is 0 Å². The third kappa shape index (κ3) is 3.17. The molecule has 0 amide bonds. The van der Waals surface area contributed by atoms with Crippen molar-refractivity contribution in [3.63, 3.8) is 0 Å². The predicted octanol–water partition coefficient (Wildman–Crippen LogP) is 3.78. The lowest BCUT2D eigenvalue weighted by atomic mass is 9.71. The Balaban J connectivity index is 1.76. The van der Waals surface area contributed by atoms with E-state index in [1.807, 2.05) is 0 Å². The maximum Gasteiger partial charge on any atom is 0.0460 e. The van der Waals surface area contributed by atoms with Crippen molar-refractivity contribution in [2.75, 3.05) is 26.7 Å². The van der Waals surface area contributed by atoms with Gasteiger partial charge in [-0.25, -0.2) is 0 Å². The summed E-state index contributed by atoms with van der Waals surface area (Å²) in [6.07, 6.45) is 9.62. The monoisotopic (exact) mass is 286 g/mol. The number of nitrogens with zero attached hydrogens (tertiary/aromatic N) is 1. The largest absolute Gasteiger partial charge is 0.320 e. The second-order valence-corrected chi connectivity index (χ2v) is 6.93. The van der Waals surface area contributed by atoms with Crippen molar-refractivity contribution < 1.29 is 0 Å². The fraction of sp³-hybridized carbons (Fsp3) is 0.684. The van der Waals surface area contributed by atoms with Crippen LogP contribution in [-0.4, -0.2) is 31.6 Å². The van der Waals surface area contributed by atoms with Crippen LogP contribution in [0.5, 0.6) is 0 Å². The molecule has 0 atom stereocenters. The lowest BCUT2D eigenvalue weighted by Gasteiger charge is -2.47. The molecule has 2 aliphatic rings. The van der Waals surface area contributed by atoms with Crippen LogP contribution in [0.2, 0.25) is 0 Å². The normalized spacial score (nSPS) is 30.6. The molecular weight excluding hydrogens is 256 g/mol. The zero-order valence-electron chi connectivity index (χ0n) is 13.5. The summed E-state index contributed by atoms with van der Waals surface area (Å²) in [6, 6.07) is 11.3. The Morgan fingerprint density at radius 2 is 1.76 bits per heavy atom. The van der Waals surface area contributed by atoms with Gasteiger partial charge in [0.05, 0.1) is 0 Å².